The average Bonchev–Trinajstić information content (AvgIpc) is 3.36. The number of carbonyl (C=O) groups excluding carboxylic acids is 1. The number of alkyl halides is 2. The van der Waals surface area contributed by atoms with E-state index in [-0.39, 0.29) is 35.9 Å². The highest BCUT2D eigenvalue weighted by molar-refractivity contribution is 7.89. The fourth-order valence-electron chi connectivity index (χ4n) is 5.44. The summed E-state index contributed by atoms with van der Waals surface area (Å²) < 4.78 is 42.3. The second kappa shape index (κ2) is 11.9. The predicted molar refractivity (Wildman–Crippen MR) is 137 cm³/mol. The van der Waals surface area contributed by atoms with E-state index in [4.69, 9.17) is 22.7 Å². The molecular formula is C23H36ClFN6O3S. The predicted octanol–water partition coefficient (Wildman–Crippen LogP) is 2.46. The highest BCUT2D eigenvalue weighted by Gasteiger charge is 2.55. The van der Waals surface area contributed by atoms with Crippen molar-refractivity contribution in [2.45, 2.75) is 63.3 Å². The minimum absolute atomic E-state index is 0.0100. The molecule has 0 aromatic carbocycles. The standard InChI is InChI=1S/C23H36ClFN6O3S/c1-3-4-5-7-16(26)8-6-9-35(33,34)29-12-15-10-14-11-17(15)20(19(14)21(27)32)30-22-18(25)13-28-23(24)31(22)2/h5,7,13-15,17-20,23,26,29H,3-4,6,8-12H2,1-2H3,(H2,27,32)/b7-5-,26-16?,30-22?. The summed E-state index contributed by atoms with van der Waals surface area (Å²) in [6.45, 7) is 2.29. The number of hydrogen-bond acceptors (Lipinski definition) is 6. The molecule has 196 valence electrons. The number of hydrogen-bond donors (Lipinski definition) is 3. The summed E-state index contributed by atoms with van der Waals surface area (Å²) in [5.41, 5.74) is 5.32. The molecule has 3 rings (SSSR count). The number of sulfonamides is 1. The molecule has 0 spiro atoms. The number of rotatable bonds is 12. The molecule has 3 aliphatic rings. The van der Waals surface area contributed by atoms with Gasteiger partial charge in [0.05, 0.1) is 17.7 Å². The normalized spacial score (nSPS) is 33.8. The number of fused-ring (bicyclic) bond motifs is 2. The molecular weight excluding hydrogens is 495 g/mol. The lowest BCUT2D eigenvalue weighted by molar-refractivity contribution is -0.124. The van der Waals surface area contributed by atoms with Gasteiger partial charge in [-0.1, -0.05) is 31.0 Å². The van der Waals surface area contributed by atoms with Crippen molar-refractivity contribution in [3.8, 4) is 0 Å². The van der Waals surface area contributed by atoms with Gasteiger partial charge < -0.3 is 16.0 Å². The SMILES string of the molecule is CCC/C=C\C(=N)CCCS(=O)(=O)NCC1CC2CC1C(N=C1C(F)C=NC(Cl)N1C)C2C(N)=O. The lowest BCUT2D eigenvalue weighted by Gasteiger charge is -2.35. The molecule has 0 radical (unpaired) electrons. The number of allylic oxidation sites excluding steroid dienone is 2. The van der Waals surface area contributed by atoms with Crippen molar-refractivity contribution in [1.29, 1.82) is 5.41 Å². The maximum atomic E-state index is 14.6. The minimum atomic E-state index is -3.51. The van der Waals surface area contributed by atoms with E-state index in [0.29, 0.717) is 31.4 Å². The fraction of sp³-hybridized carbons (Fsp3) is 0.739. The summed E-state index contributed by atoms with van der Waals surface area (Å²) in [7, 11) is -1.91. The Balaban J connectivity index is 1.61. The molecule has 2 aliphatic carbocycles. The largest absolute Gasteiger partial charge is 0.369 e. The van der Waals surface area contributed by atoms with E-state index in [0.717, 1.165) is 19.1 Å². The molecule has 0 saturated heterocycles. The molecule has 7 unspecified atom stereocenters. The van der Waals surface area contributed by atoms with Gasteiger partial charge in [0.1, 0.15) is 5.84 Å². The summed E-state index contributed by atoms with van der Waals surface area (Å²) in [6, 6.07) is -0.526. The molecule has 12 heteroatoms. The zero-order valence-corrected chi connectivity index (χ0v) is 21.8. The van der Waals surface area contributed by atoms with Gasteiger partial charge in [0, 0.05) is 25.5 Å². The molecule has 4 N–H and O–H groups in total. The highest BCUT2D eigenvalue weighted by atomic mass is 35.5. The van der Waals surface area contributed by atoms with Crippen molar-refractivity contribution < 1.29 is 17.6 Å². The number of nitrogens with one attached hydrogen (secondary N) is 2. The number of primary amides is 1. The van der Waals surface area contributed by atoms with Crippen LogP contribution in [0.3, 0.4) is 0 Å². The second-order valence-corrected chi connectivity index (χ2v) is 12.0. The lowest BCUT2D eigenvalue weighted by atomic mass is 9.78. The summed E-state index contributed by atoms with van der Waals surface area (Å²) in [4.78, 5) is 22.1. The molecule has 9 nitrogen and oxygen atoms in total. The number of carbonyl (C=O) groups is 1. The van der Waals surface area contributed by atoms with Crippen molar-refractivity contribution in [2.24, 2.45) is 39.4 Å². The summed E-state index contributed by atoms with van der Waals surface area (Å²) in [5, 5.41) is 7.89. The second-order valence-electron chi connectivity index (χ2n) is 9.67. The first-order chi connectivity index (χ1) is 16.5. The molecule has 2 saturated carbocycles. The maximum Gasteiger partial charge on any atom is 0.222 e. The number of nitrogens with two attached hydrogens (primary N) is 1. The van der Waals surface area contributed by atoms with Gasteiger partial charge in [-0.3, -0.25) is 14.8 Å². The summed E-state index contributed by atoms with van der Waals surface area (Å²) >= 11 is 6.11. The van der Waals surface area contributed by atoms with E-state index < -0.39 is 39.7 Å². The Bertz CT molecular complexity index is 988. The number of aliphatic imine (C=N–C) groups is 2. The van der Waals surface area contributed by atoms with Crippen molar-refractivity contribution in [3.63, 3.8) is 0 Å². The van der Waals surface area contributed by atoms with Crippen molar-refractivity contribution in [2.75, 3.05) is 19.3 Å². The molecule has 35 heavy (non-hydrogen) atoms. The third kappa shape index (κ3) is 6.89. The number of unbranched alkanes of at least 4 members (excludes halogenated alkanes) is 1. The van der Waals surface area contributed by atoms with Crippen LogP contribution < -0.4 is 10.5 Å². The van der Waals surface area contributed by atoms with Gasteiger partial charge in [0.15, 0.2) is 11.8 Å². The topological polar surface area (TPSA) is 141 Å². The van der Waals surface area contributed by atoms with E-state index in [2.05, 4.69) is 21.6 Å². The Kier molecular flexibility index (Phi) is 9.45. The summed E-state index contributed by atoms with van der Waals surface area (Å²) in [6.07, 6.45) is 7.28. The van der Waals surface area contributed by atoms with Crippen LogP contribution in [-0.4, -0.2) is 74.2 Å². The van der Waals surface area contributed by atoms with Crippen LogP contribution in [-0.2, 0) is 14.8 Å². The van der Waals surface area contributed by atoms with Crippen LogP contribution in [0, 0.1) is 29.1 Å². The first-order valence-electron chi connectivity index (χ1n) is 12.2. The van der Waals surface area contributed by atoms with Crippen LogP contribution in [0.2, 0.25) is 0 Å². The van der Waals surface area contributed by atoms with Crippen LogP contribution >= 0.6 is 11.6 Å². The molecule has 2 bridgehead atoms. The minimum Gasteiger partial charge on any atom is -0.369 e. The van der Waals surface area contributed by atoms with Crippen LogP contribution in [0.5, 0.6) is 0 Å². The average molecular weight is 531 g/mol. The highest BCUT2D eigenvalue weighted by Crippen LogP contribution is 2.53. The molecule has 1 aliphatic heterocycles. The molecule has 1 amide bonds. The third-order valence-electron chi connectivity index (χ3n) is 7.18. The third-order valence-corrected chi connectivity index (χ3v) is 9.01. The van der Waals surface area contributed by atoms with Crippen molar-refractivity contribution >= 4 is 45.3 Å². The number of nitrogens with zero attached hydrogens (tertiary/aromatic N) is 3. The Morgan fingerprint density at radius 1 is 1.46 bits per heavy atom. The van der Waals surface area contributed by atoms with Crippen LogP contribution in [0.15, 0.2) is 22.1 Å². The first-order valence-corrected chi connectivity index (χ1v) is 14.3. The zero-order chi connectivity index (χ0) is 25.8. The Morgan fingerprint density at radius 2 is 2.20 bits per heavy atom. The van der Waals surface area contributed by atoms with Gasteiger partial charge in [0.25, 0.3) is 0 Å². The smallest absolute Gasteiger partial charge is 0.222 e. The fourth-order valence-corrected chi connectivity index (χ4v) is 6.74. The number of amidine groups is 1. The molecule has 2 fully saturated rings. The van der Waals surface area contributed by atoms with Crippen LogP contribution in [0.1, 0.15) is 45.4 Å². The number of amides is 1. The quantitative estimate of drug-likeness (QED) is 0.202. The molecule has 0 aromatic heterocycles. The monoisotopic (exact) mass is 530 g/mol. The van der Waals surface area contributed by atoms with Gasteiger partial charge in [-0.15, -0.1) is 0 Å². The van der Waals surface area contributed by atoms with E-state index in [1.807, 2.05) is 6.08 Å². The van der Waals surface area contributed by atoms with Crippen molar-refractivity contribution in [3.05, 3.63) is 12.2 Å². The van der Waals surface area contributed by atoms with E-state index in [1.165, 1.54) is 4.90 Å². The van der Waals surface area contributed by atoms with E-state index in [1.54, 1.807) is 13.1 Å². The number of halogens is 2. The van der Waals surface area contributed by atoms with E-state index >= 15 is 0 Å². The van der Waals surface area contributed by atoms with Crippen LogP contribution in [0.25, 0.3) is 0 Å². The zero-order valence-electron chi connectivity index (χ0n) is 20.2. The van der Waals surface area contributed by atoms with Gasteiger partial charge >= 0.3 is 0 Å². The van der Waals surface area contributed by atoms with Gasteiger partial charge in [0.2, 0.25) is 15.9 Å². The Hall–Kier alpha value is -1.85. The van der Waals surface area contributed by atoms with E-state index in [9.17, 15) is 17.6 Å². The summed E-state index contributed by atoms with van der Waals surface area (Å²) in [5.74, 6) is -1.05. The first kappa shape index (κ1) is 27.7. The molecule has 1 heterocycles. The van der Waals surface area contributed by atoms with Gasteiger partial charge in [-0.25, -0.2) is 17.5 Å². The Morgan fingerprint density at radius 3 is 2.89 bits per heavy atom. The molecule has 7 atom stereocenters. The van der Waals surface area contributed by atoms with Crippen LogP contribution in [0.4, 0.5) is 4.39 Å². The van der Waals surface area contributed by atoms with Gasteiger partial charge in [-0.05, 0) is 55.9 Å². The van der Waals surface area contributed by atoms with Gasteiger partial charge in [-0.2, -0.15) is 0 Å². The molecule has 0 aromatic rings. The lowest BCUT2D eigenvalue weighted by Crippen LogP contribution is -2.47. The Labute approximate surface area is 212 Å². The maximum absolute atomic E-state index is 14.6. The van der Waals surface area contributed by atoms with Crippen molar-refractivity contribution in [1.82, 2.24) is 9.62 Å².